The highest BCUT2D eigenvalue weighted by molar-refractivity contribution is 6.31. The topological polar surface area (TPSA) is 106 Å². The number of ether oxygens (including phenoxy) is 2. The molecule has 1 saturated heterocycles. The largest absolute Gasteiger partial charge is 0.494 e. The molecule has 4 aromatic carbocycles. The zero-order valence-electron chi connectivity index (χ0n) is 24.9. The summed E-state index contributed by atoms with van der Waals surface area (Å²) in [7, 11) is 0. The molecule has 0 aliphatic carbocycles. The summed E-state index contributed by atoms with van der Waals surface area (Å²) in [5.74, 6) is -1.83. The molecule has 0 radical (unpaired) electrons. The monoisotopic (exact) mass is 672 g/mol. The Morgan fingerprint density at radius 2 is 1.96 bits per heavy atom. The molecule has 1 fully saturated rings. The van der Waals surface area contributed by atoms with Crippen LogP contribution in [0.2, 0.25) is 10.0 Å². The molecule has 3 aliphatic rings. The Hall–Kier alpha value is -4.64. The highest BCUT2D eigenvalue weighted by Crippen LogP contribution is 2.63. The summed E-state index contributed by atoms with van der Waals surface area (Å²) in [4.78, 5) is 28.6. The molecule has 0 unspecified atom stereocenters. The first-order valence-corrected chi connectivity index (χ1v) is 15.9. The van der Waals surface area contributed by atoms with E-state index in [4.69, 9.17) is 37.8 Å². The van der Waals surface area contributed by atoms with Crippen LogP contribution in [0.4, 0.5) is 10.1 Å². The van der Waals surface area contributed by atoms with E-state index in [1.807, 2.05) is 37.3 Å². The summed E-state index contributed by atoms with van der Waals surface area (Å²) < 4.78 is 30.3. The van der Waals surface area contributed by atoms with Crippen LogP contribution in [-0.2, 0) is 16.9 Å². The number of amides is 1. The summed E-state index contributed by atoms with van der Waals surface area (Å²) >= 11 is 12.8. The highest BCUT2D eigenvalue weighted by atomic mass is 35.5. The molecular weight excluding hydrogens is 646 g/mol. The minimum Gasteiger partial charge on any atom is -0.494 e. The van der Waals surface area contributed by atoms with E-state index in [9.17, 15) is 14.7 Å². The van der Waals surface area contributed by atoms with Gasteiger partial charge in [0.05, 0.1) is 40.2 Å². The van der Waals surface area contributed by atoms with Crippen molar-refractivity contribution in [3.05, 3.63) is 117 Å². The minimum absolute atomic E-state index is 0.0709. The number of anilines is 1. The summed E-state index contributed by atoms with van der Waals surface area (Å²) in [5.41, 5.74) is 1.30. The molecule has 238 valence electrons. The fourth-order valence-corrected chi connectivity index (χ4v) is 8.06. The van der Waals surface area contributed by atoms with Crippen LogP contribution in [0, 0.1) is 5.82 Å². The SMILES string of the molecule is CCOc1cccc(CN2[C@@H]3COc4c5ccc(C(=O)O)cc5nn4[C@@H]3[C@@H](c3cccc(Cl)c3F)[C@@]23C(=O)Nc2cc(Cl)ccc23)c1. The van der Waals surface area contributed by atoms with Crippen molar-refractivity contribution in [2.24, 2.45) is 0 Å². The maximum absolute atomic E-state index is 16.4. The number of benzene rings is 4. The quantitative estimate of drug-likeness (QED) is 0.200. The molecule has 12 heteroatoms. The molecule has 0 saturated carbocycles. The second kappa shape index (κ2) is 11.0. The predicted molar refractivity (Wildman–Crippen MR) is 174 cm³/mol. The summed E-state index contributed by atoms with van der Waals surface area (Å²) in [6, 6.07) is 21.2. The molecule has 2 N–H and O–H groups in total. The lowest BCUT2D eigenvalue weighted by Gasteiger charge is -2.39. The molecule has 4 atom stereocenters. The van der Waals surface area contributed by atoms with Crippen LogP contribution in [0.1, 0.15) is 45.9 Å². The number of hydrogen-bond donors (Lipinski definition) is 2. The van der Waals surface area contributed by atoms with Gasteiger partial charge in [-0.1, -0.05) is 53.5 Å². The second-order valence-electron chi connectivity index (χ2n) is 11.9. The van der Waals surface area contributed by atoms with Gasteiger partial charge in [-0.05, 0) is 66.6 Å². The molecule has 8 rings (SSSR count). The van der Waals surface area contributed by atoms with E-state index in [2.05, 4.69) is 10.2 Å². The van der Waals surface area contributed by atoms with E-state index in [1.54, 1.807) is 35.0 Å². The Bertz CT molecular complexity index is 2120. The Balaban J connectivity index is 1.42. The first-order valence-electron chi connectivity index (χ1n) is 15.1. The van der Waals surface area contributed by atoms with Gasteiger partial charge in [-0.15, -0.1) is 0 Å². The van der Waals surface area contributed by atoms with Crippen LogP contribution in [0.15, 0.2) is 78.9 Å². The number of nitrogens with zero attached hydrogens (tertiary/aromatic N) is 3. The molecule has 1 aromatic heterocycles. The predicted octanol–water partition coefficient (Wildman–Crippen LogP) is 7.03. The van der Waals surface area contributed by atoms with Crippen LogP contribution >= 0.6 is 23.2 Å². The standard InChI is InChI=1S/C35H27Cl2FN4O5/c1-2-46-21-6-3-5-18(13-21)16-41-28-17-47-32-22-11-9-19(33(43)44)14-26(22)40-42(32)31(28)29(23-7-4-8-25(37)30(23)38)35(41)24-12-10-20(36)15-27(24)39-34(35)45/h3-15,28-29,31H,2,16-17H2,1H3,(H,39,45)(H,43,44)/t28-,29-,31+,35+/m1/s1. The number of aromatic nitrogens is 2. The van der Waals surface area contributed by atoms with Gasteiger partial charge in [-0.25, -0.2) is 13.9 Å². The molecule has 0 bridgehead atoms. The molecule has 1 spiro atoms. The van der Waals surface area contributed by atoms with Gasteiger partial charge >= 0.3 is 5.97 Å². The zero-order valence-corrected chi connectivity index (χ0v) is 26.4. The fraction of sp³-hybridized carbons (Fsp3) is 0.229. The van der Waals surface area contributed by atoms with Crippen molar-refractivity contribution < 1.29 is 28.6 Å². The minimum atomic E-state index is -1.46. The number of nitrogens with one attached hydrogen (secondary N) is 1. The zero-order chi connectivity index (χ0) is 32.6. The number of halogens is 3. The molecule has 3 aliphatic heterocycles. The van der Waals surface area contributed by atoms with Crippen LogP contribution in [0.25, 0.3) is 10.9 Å². The lowest BCUT2D eigenvalue weighted by atomic mass is 9.73. The Morgan fingerprint density at radius 3 is 2.77 bits per heavy atom. The van der Waals surface area contributed by atoms with Crippen molar-refractivity contribution in [2.45, 2.75) is 37.0 Å². The third kappa shape index (κ3) is 4.35. The second-order valence-corrected chi connectivity index (χ2v) is 12.7. The van der Waals surface area contributed by atoms with Crippen molar-refractivity contribution in [3.63, 3.8) is 0 Å². The average Bonchev–Trinajstić information content (AvgIpc) is 3.66. The van der Waals surface area contributed by atoms with Gasteiger partial charge in [0, 0.05) is 28.7 Å². The molecule has 4 heterocycles. The van der Waals surface area contributed by atoms with Crippen molar-refractivity contribution in [1.29, 1.82) is 0 Å². The normalized spacial score (nSPS) is 22.9. The van der Waals surface area contributed by atoms with E-state index in [-0.39, 0.29) is 35.2 Å². The molecule has 1 amide bonds. The van der Waals surface area contributed by atoms with Gasteiger partial charge in [-0.2, -0.15) is 5.10 Å². The van der Waals surface area contributed by atoms with Crippen molar-refractivity contribution in [1.82, 2.24) is 14.7 Å². The molecule has 5 aromatic rings. The van der Waals surface area contributed by atoms with Gasteiger partial charge in [0.25, 0.3) is 0 Å². The lowest BCUT2D eigenvalue weighted by Crippen LogP contribution is -2.52. The number of aromatic carboxylic acids is 1. The fourth-order valence-electron chi connectivity index (χ4n) is 7.70. The van der Waals surface area contributed by atoms with Crippen LogP contribution in [0.5, 0.6) is 11.6 Å². The van der Waals surface area contributed by atoms with E-state index in [0.29, 0.717) is 45.4 Å². The first kappa shape index (κ1) is 29.7. The molecule has 9 nitrogen and oxygen atoms in total. The number of likely N-dealkylation sites (tertiary alicyclic amines) is 1. The van der Waals surface area contributed by atoms with E-state index < -0.39 is 35.3 Å². The summed E-state index contributed by atoms with van der Waals surface area (Å²) in [6.07, 6.45) is 0. The Morgan fingerprint density at radius 1 is 1.13 bits per heavy atom. The first-order chi connectivity index (χ1) is 22.7. The Labute approximate surface area is 278 Å². The Kier molecular flexibility index (Phi) is 6.94. The third-order valence-electron chi connectivity index (χ3n) is 9.48. The number of rotatable bonds is 6. The van der Waals surface area contributed by atoms with Crippen LogP contribution < -0.4 is 14.8 Å². The summed E-state index contributed by atoms with van der Waals surface area (Å²) in [5, 5.41) is 18.6. The number of carboxylic acids is 1. The average molecular weight is 674 g/mol. The lowest BCUT2D eigenvalue weighted by molar-refractivity contribution is -0.128. The maximum atomic E-state index is 16.4. The highest BCUT2D eigenvalue weighted by Gasteiger charge is 2.69. The van der Waals surface area contributed by atoms with Gasteiger partial charge < -0.3 is 19.9 Å². The van der Waals surface area contributed by atoms with Crippen LogP contribution in [0.3, 0.4) is 0 Å². The summed E-state index contributed by atoms with van der Waals surface area (Å²) in [6.45, 7) is 2.82. The van der Waals surface area contributed by atoms with Crippen molar-refractivity contribution >= 4 is 51.7 Å². The number of carbonyl (C=O) groups is 2. The smallest absolute Gasteiger partial charge is 0.335 e. The van der Waals surface area contributed by atoms with E-state index in [1.165, 1.54) is 18.2 Å². The number of hydrogen-bond acceptors (Lipinski definition) is 6. The van der Waals surface area contributed by atoms with E-state index in [0.717, 1.165) is 5.56 Å². The van der Waals surface area contributed by atoms with Gasteiger partial charge in [0.2, 0.25) is 11.8 Å². The van der Waals surface area contributed by atoms with Crippen molar-refractivity contribution in [3.8, 4) is 11.6 Å². The molecule has 47 heavy (non-hydrogen) atoms. The van der Waals surface area contributed by atoms with Gasteiger partial charge in [-0.3, -0.25) is 9.69 Å². The van der Waals surface area contributed by atoms with Crippen molar-refractivity contribution in [2.75, 3.05) is 18.5 Å². The molecular formula is C35H27Cl2FN4O5. The number of fused-ring (bicyclic) bond motifs is 7. The maximum Gasteiger partial charge on any atom is 0.335 e. The number of carboxylic acid groups (broad SMARTS) is 1. The van der Waals surface area contributed by atoms with Gasteiger partial charge in [0.1, 0.15) is 23.7 Å². The van der Waals surface area contributed by atoms with Gasteiger partial charge in [0.15, 0.2) is 0 Å². The number of carbonyl (C=O) groups excluding carboxylic acids is 1. The van der Waals surface area contributed by atoms with Crippen LogP contribution in [-0.4, -0.2) is 50.9 Å². The van der Waals surface area contributed by atoms with E-state index >= 15 is 4.39 Å². The third-order valence-corrected chi connectivity index (χ3v) is 10.0.